The molecule has 0 saturated carbocycles. The molecule has 0 saturated heterocycles. The number of Topliss-reactive ketones (excluding diaryl/α,β-unsaturated/α-hetero) is 1. The van der Waals surface area contributed by atoms with Gasteiger partial charge in [-0.3, -0.25) is 14.4 Å². The summed E-state index contributed by atoms with van der Waals surface area (Å²) in [7, 11) is 0. The lowest BCUT2D eigenvalue weighted by Gasteiger charge is -2.20. The Kier molecular flexibility index (Phi) is 5.45. The Labute approximate surface area is 179 Å². The lowest BCUT2D eigenvalue weighted by molar-refractivity contribution is 0.0278. The second-order valence-electron chi connectivity index (χ2n) is 7.04. The molecule has 0 bridgehead atoms. The molecule has 0 fully saturated rings. The molecule has 0 N–H and O–H groups in total. The predicted octanol–water partition coefficient (Wildman–Crippen LogP) is 4.31. The highest BCUT2D eigenvalue weighted by atomic mass is 16.5. The number of nitrogens with zero attached hydrogens (tertiary/aromatic N) is 1. The van der Waals surface area contributed by atoms with Gasteiger partial charge in [0.25, 0.3) is 11.8 Å². The Bertz CT molecular complexity index is 1150. The number of ketones is 1. The minimum atomic E-state index is -0.981. The van der Waals surface area contributed by atoms with E-state index in [2.05, 4.69) is 0 Å². The van der Waals surface area contributed by atoms with Crippen LogP contribution < -0.4 is 4.90 Å². The molecule has 0 radical (unpaired) electrons. The number of benzene rings is 3. The highest BCUT2D eigenvalue weighted by Crippen LogP contribution is 2.31. The molecule has 6 heteroatoms. The zero-order valence-electron chi connectivity index (χ0n) is 16.8. The number of anilines is 1. The average molecular weight is 413 g/mol. The molecular weight excluding hydrogens is 394 g/mol. The van der Waals surface area contributed by atoms with Crippen LogP contribution in [0.3, 0.4) is 0 Å². The summed E-state index contributed by atoms with van der Waals surface area (Å²) in [6.45, 7) is 1.74. The van der Waals surface area contributed by atoms with Crippen LogP contribution in [0.15, 0.2) is 78.9 Å². The molecule has 3 aromatic carbocycles. The molecule has 3 aromatic rings. The molecule has 0 unspecified atom stereocenters. The summed E-state index contributed by atoms with van der Waals surface area (Å²) in [6, 6.07) is 21.3. The van der Waals surface area contributed by atoms with Gasteiger partial charge in [-0.2, -0.15) is 0 Å². The van der Waals surface area contributed by atoms with Gasteiger partial charge in [0.2, 0.25) is 5.78 Å². The molecule has 31 heavy (non-hydrogen) atoms. The molecule has 1 atom stereocenters. The van der Waals surface area contributed by atoms with Gasteiger partial charge in [0.05, 0.1) is 22.4 Å². The van der Waals surface area contributed by atoms with E-state index in [1.165, 1.54) is 12.1 Å². The summed E-state index contributed by atoms with van der Waals surface area (Å²) in [5.74, 6) is -2.10. The van der Waals surface area contributed by atoms with Gasteiger partial charge in [-0.15, -0.1) is 0 Å². The molecule has 1 aliphatic rings. The topological polar surface area (TPSA) is 80.8 Å². The fraction of sp³-hybridized carbons (Fsp3) is 0.120. The zero-order chi connectivity index (χ0) is 22.0. The maximum absolute atomic E-state index is 13.0. The van der Waals surface area contributed by atoms with Crippen LogP contribution in [0.5, 0.6) is 0 Å². The van der Waals surface area contributed by atoms with E-state index in [1.807, 2.05) is 0 Å². The van der Waals surface area contributed by atoms with Crippen molar-refractivity contribution in [3.05, 3.63) is 101 Å². The first-order valence-electron chi connectivity index (χ1n) is 9.90. The molecule has 0 aliphatic carbocycles. The zero-order valence-corrected chi connectivity index (χ0v) is 16.8. The number of para-hydroxylation sites is 1. The second kappa shape index (κ2) is 8.36. The Morgan fingerprint density at radius 1 is 0.806 bits per heavy atom. The van der Waals surface area contributed by atoms with Gasteiger partial charge in [0.15, 0.2) is 6.10 Å². The molecular formula is C25H19NO5. The Morgan fingerprint density at radius 2 is 1.35 bits per heavy atom. The first-order chi connectivity index (χ1) is 15.0. The van der Waals surface area contributed by atoms with Crippen molar-refractivity contribution in [3.8, 4) is 0 Å². The van der Waals surface area contributed by atoms with E-state index in [4.69, 9.17) is 4.74 Å². The Morgan fingerprint density at radius 3 is 1.97 bits per heavy atom. The fourth-order valence-corrected chi connectivity index (χ4v) is 3.55. The van der Waals surface area contributed by atoms with E-state index >= 15 is 0 Å². The first kappa shape index (κ1) is 20.2. The third-order valence-electron chi connectivity index (χ3n) is 5.13. The van der Waals surface area contributed by atoms with Crippen molar-refractivity contribution in [3.63, 3.8) is 0 Å². The Balaban J connectivity index is 1.63. The van der Waals surface area contributed by atoms with E-state index in [1.54, 1.807) is 73.7 Å². The number of rotatable bonds is 6. The standard InChI is InChI=1S/C25H19NO5/c1-2-21(22(27)16-10-4-3-5-11-16)31-25(30)19-14-8-9-15-20(19)26-23(28)17-12-6-7-13-18(17)24(26)29/h3-15,21H,2H2,1H3/t21-/m0/s1. The molecule has 154 valence electrons. The summed E-state index contributed by atoms with van der Waals surface area (Å²) in [5.41, 5.74) is 1.16. The van der Waals surface area contributed by atoms with Gasteiger partial charge >= 0.3 is 5.97 Å². The number of fused-ring (bicyclic) bond motifs is 1. The number of hydrogen-bond donors (Lipinski definition) is 0. The molecule has 4 rings (SSSR count). The minimum absolute atomic E-state index is 0.0383. The number of amides is 2. The molecule has 0 spiro atoms. The van der Waals surface area contributed by atoms with Crippen LogP contribution in [0.25, 0.3) is 0 Å². The van der Waals surface area contributed by atoms with E-state index < -0.39 is 23.9 Å². The van der Waals surface area contributed by atoms with E-state index in [9.17, 15) is 19.2 Å². The van der Waals surface area contributed by atoms with Gasteiger partial charge in [0.1, 0.15) is 0 Å². The van der Waals surface area contributed by atoms with Crippen molar-refractivity contribution >= 4 is 29.3 Å². The summed E-state index contributed by atoms with van der Waals surface area (Å²) in [6.07, 6.45) is -0.695. The summed E-state index contributed by atoms with van der Waals surface area (Å²) < 4.78 is 5.51. The largest absolute Gasteiger partial charge is 0.450 e. The monoisotopic (exact) mass is 413 g/mol. The van der Waals surface area contributed by atoms with Crippen LogP contribution in [-0.4, -0.2) is 29.7 Å². The van der Waals surface area contributed by atoms with Crippen molar-refractivity contribution in [2.24, 2.45) is 0 Å². The first-order valence-corrected chi connectivity index (χ1v) is 9.90. The van der Waals surface area contributed by atoms with Crippen LogP contribution in [0.2, 0.25) is 0 Å². The van der Waals surface area contributed by atoms with Crippen molar-refractivity contribution in [2.75, 3.05) is 4.90 Å². The summed E-state index contributed by atoms with van der Waals surface area (Å²) >= 11 is 0. The fourth-order valence-electron chi connectivity index (χ4n) is 3.55. The average Bonchev–Trinajstić information content (AvgIpc) is 3.07. The van der Waals surface area contributed by atoms with Crippen LogP contribution >= 0.6 is 0 Å². The van der Waals surface area contributed by atoms with Crippen LogP contribution in [0, 0.1) is 0 Å². The summed E-state index contributed by atoms with van der Waals surface area (Å²) in [5, 5.41) is 0. The van der Waals surface area contributed by atoms with Crippen molar-refractivity contribution in [2.45, 2.75) is 19.4 Å². The van der Waals surface area contributed by atoms with E-state index in [0.29, 0.717) is 5.56 Å². The Hall–Kier alpha value is -4.06. The normalized spacial score (nSPS) is 13.6. The highest BCUT2D eigenvalue weighted by molar-refractivity contribution is 6.35. The lowest BCUT2D eigenvalue weighted by atomic mass is 10.0. The minimum Gasteiger partial charge on any atom is -0.450 e. The highest BCUT2D eigenvalue weighted by Gasteiger charge is 2.38. The molecule has 1 aliphatic heterocycles. The van der Waals surface area contributed by atoms with Gasteiger partial charge in [-0.05, 0) is 30.7 Å². The van der Waals surface area contributed by atoms with Crippen molar-refractivity contribution < 1.29 is 23.9 Å². The van der Waals surface area contributed by atoms with Crippen molar-refractivity contribution in [1.29, 1.82) is 0 Å². The SMILES string of the molecule is CC[C@H](OC(=O)c1ccccc1N1C(=O)c2ccccc2C1=O)C(=O)c1ccccc1. The van der Waals surface area contributed by atoms with Crippen molar-refractivity contribution in [1.82, 2.24) is 0 Å². The third-order valence-corrected chi connectivity index (χ3v) is 5.13. The third kappa shape index (κ3) is 3.64. The molecule has 2 amide bonds. The quantitative estimate of drug-likeness (QED) is 0.342. The number of esters is 1. The summed E-state index contributed by atoms with van der Waals surface area (Å²) in [4.78, 5) is 52.4. The predicted molar refractivity (Wildman–Crippen MR) is 114 cm³/mol. The van der Waals surface area contributed by atoms with Gasteiger partial charge < -0.3 is 4.74 Å². The number of ether oxygens (including phenoxy) is 1. The number of hydrogen-bond acceptors (Lipinski definition) is 5. The number of imide groups is 1. The van der Waals surface area contributed by atoms with Gasteiger partial charge in [-0.1, -0.05) is 61.5 Å². The second-order valence-corrected chi connectivity index (χ2v) is 7.04. The number of carbonyl (C=O) groups excluding carboxylic acids is 4. The lowest BCUT2D eigenvalue weighted by Crippen LogP contribution is -2.32. The van der Waals surface area contributed by atoms with Gasteiger partial charge in [0, 0.05) is 5.56 Å². The van der Waals surface area contributed by atoms with Crippen LogP contribution in [0.1, 0.15) is 54.8 Å². The molecule has 1 heterocycles. The van der Waals surface area contributed by atoms with Crippen LogP contribution in [-0.2, 0) is 4.74 Å². The van der Waals surface area contributed by atoms with Crippen LogP contribution in [0.4, 0.5) is 5.69 Å². The van der Waals surface area contributed by atoms with Gasteiger partial charge in [-0.25, -0.2) is 9.69 Å². The molecule has 6 nitrogen and oxygen atoms in total. The maximum Gasteiger partial charge on any atom is 0.341 e. The number of carbonyl (C=O) groups is 4. The van der Waals surface area contributed by atoms with E-state index in [0.717, 1.165) is 4.90 Å². The smallest absolute Gasteiger partial charge is 0.341 e. The maximum atomic E-state index is 13.0. The molecule has 0 aromatic heterocycles. The van der Waals surface area contributed by atoms with E-state index in [-0.39, 0.29) is 34.6 Å².